The Morgan fingerprint density at radius 2 is 2.25 bits per heavy atom. The summed E-state index contributed by atoms with van der Waals surface area (Å²) in [6.07, 6.45) is 8.84. The van der Waals surface area contributed by atoms with Gasteiger partial charge in [0, 0.05) is 12.1 Å². The average molecular weight is 160 g/mol. The van der Waals surface area contributed by atoms with Gasteiger partial charge < -0.3 is 0 Å². The number of hydrogen-bond donors (Lipinski definition) is 0. The quantitative estimate of drug-likeness (QED) is 0.534. The van der Waals surface area contributed by atoms with Crippen LogP contribution in [0, 0.1) is 17.2 Å². The van der Waals surface area contributed by atoms with Crippen LogP contribution in [-0.4, -0.2) is 12.3 Å². The third-order valence-corrected chi connectivity index (χ3v) is 2.71. The fourth-order valence-corrected chi connectivity index (χ4v) is 2.04. The molecule has 2 nitrogen and oxygen atoms in total. The molecule has 12 heavy (non-hydrogen) atoms. The number of rotatable bonds is 0. The molecule has 62 valence electrons. The monoisotopic (exact) mass is 160 g/mol. The highest BCUT2D eigenvalue weighted by Crippen LogP contribution is 2.30. The lowest BCUT2D eigenvalue weighted by atomic mass is 9.82. The zero-order chi connectivity index (χ0) is 8.39. The van der Waals surface area contributed by atoms with Crippen LogP contribution >= 0.6 is 0 Å². The van der Waals surface area contributed by atoms with Crippen LogP contribution in [0.15, 0.2) is 16.6 Å². The van der Waals surface area contributed by atoms with Gasteiger partial charge in [0.05, 0.1) is 11.6 Å². The maximum atomic E-state index is 8.67. The molecule has 0 aromatic carbocycles. The highest BCUT2D eigenvalue weighted by atomic mass is 14.8. The van der Waals surface area contributed by atoms with Gasteiger partial charge in [-0.1, -0.05) is 18.9 Å². The van der Waals surface area contributed by atoms with Gasteiger partial charge in [0.25, 0.3) is 0 Å². The predicted molar refractivity (Wildman–Crippen MR) is 47.9 cm³/mol. The maximum Gasteiger partial charge on any atom is 0.100 e. The molecular formula is C10H12N2. The number of hydrogen-bond acceptors (Lipinski definition) is 2. The summed E-state index contributed by atoms with van der Waals surface area (Å²) >= 11 is 0. The number of fused-ring (bicyclic) bond motifs is 1. The Hall–Kier alpha value is -1.10. The zero-order valence-electron chi connectivity index (χ0n) is 7.03. The molecule has 2 rings (SSSR count). The van der Waals surface area contributed by atoms with E-state index in [1.807, 2.05) is 0 Å². The topological polar surface area (TPSA) is 36.1 Å². The summed E-state index contributed by atoms with van der Waals surface area (Å²) in [5.41, 5.74) is 0.748. The number of nitriles is 1. The van der Waals surface area contributed by atoms with E-state index in [1.165, 1.54) is 25.7 Å². The standard InChI is InChI=1S/C10H12N2/c11-6-8-5-9-3-1-2-4-10(9)12-7-8/h5,7,9-10H,1-4H2. The molecule has 2 unspecified atom stereocenters. The van der Waals surface area contributed by atoms with E-state index in [2.05, 4.69) is 17.1 Å². The number of nitrogens with zero attached hydrogens (tertiary/aromatic N) is 2. The van der Waals surface area contributed by atoms with Crippen LogP contribution in [0.2, 0.25) is 0 Å². The molecule has 1 aliphatic heterocycles. The van der Waals surface area contributed by atoms with E-state index in [9.17, 15) is 0 Å². The molecule has 1 saturated carbocycles. The Balaban J connectivity index is 2.16. The van der Waals surface area contributed by atoms with Crippen LogP contribution in [0.5, 0.6) is 0 Å². The van der Waals surface area contributed by atoms with Crippen LogP contribution < -0.4 is 0 Å². The summed E-state index contributed by atoms with van der Waals surface area (Å²) in [7, 11) is 0. The van der Waals surface area contributed by atoms with Gasteiger partial charge in [-0.2, -0.15) is 5.26 Å². The highest BCUT2D eigenvalue weighted by molar-refractivity contribution is 5.84. The summed E-state index contributed by atoms with van der Waals surface area (Å²) in [4.78, 5) is 4.39. The first-order valence-corrected chi connectivity index (χ1v) is 4.55. The van der Waals surface area contributed by atoms with E-state index in [-0.39, 0.29) is 0 Å². The SMILES string of the molecule is N#CC1=CC2CCCCC2N=C1. The summed E-state index contributed by atoms with van der Waals surface area (Å²) in [5, 5.41) is 8.67. The Labute approximate surface area is 72.6 Å². The molecule has 2 atom stereocenters. The average Bonchev–Trinajstić information content (AvgIpc) is 2.17. The number of aliphatic imine (C=N–C) groups is 1. The van der Waals surface area contributed by atoms with Gasteiger partial charge in [-0.05, 0) is 12.8 Å². The van der Waals surface area contributed by atoms with Gasteiger partial charge in [-0.3, -0.25) is 4.99 Å². The van der Waals surface area contributed by atoms with E-state index < -0.39 is 0 Å². The van der Waals surface area contributed by atoms with E-state index in [0.717, 1.165) is 5.57 Å². The van der Waals surface area contributed by atoms with Crippen molar-refractivity contribution in [2.45, 2.75) is 31.7 Å². The summed E-state index contributed by atoms with van der Waals surface area (Å²) in [5.74, 6) is 0.554. The van der Waals surface area contributed by atoms with Crippen LogP contribution in [0.25, 0.3) is 0 Å². The Morgan fingerprint density at radius 1 is 1.42 bits per heavy atom. The zero-order valence-corrected chi connectivity index (χ0v) is 7.03. The fraction of sp³-hybridized carbons (Fsp3) is 0.600. The molecule has 0 N–H and O–H groups in total. The minimum Gasteiger partial charge on any atom is -0.288 e. The molecule has 2 heteroatoms. The first-order chi connectivity index (χ1) is 5.90. The van der Waals surface area contributed by atoms with Gasteiger partial charge in [0.15, 0.2) is 0 Å². The molecule has 0 aromatic heterocycles. The minimum atomic E-state index is 0.482. The second-order valence-corrected chi connectivity index (χ2v) is 3.53. The van der Waals surface area contributed by atoms with Crippen molar-refractivity contribution in [1.82, 2.24) is 0 Å². The first-order valence-electron chi connectivity index (χ1n) is 4.55. The van der Waals surface area contributed by atoms with Crippen molar-refractivity contribution < 1.29 is 0 Å². The molecule has 0 amide bonds. The lowest BCUT2D eigenvalue weighted by molar-refractivity contribution is 0.361. The molecule has 1 aliphatic carbocycles. The summed E-state index contributed by atoms with van der Waals surface area (Å²) in [6, 6.07) is 2.63. The highest BCUT2D eigenvalue weighted by Gasteiger charge is 2.24. The molecule has 0 aromatic rings. The summed E-state index contributed by atoms with van der Waals surface area (Å²) < 4.78 is 0. The van der Waals surface area contributed by atoms with Crippen LogP contribution in [0.1, 0.15) is 25.7 Å². The molecule has 1 heterocycles. The molecule has 2 aliphatic rings. The lowest BCUT2D eigenvalue weighted by Crippen LogP contribution is -2.24. The molecule has 0 bridgehead atoms. The molecule has 0 saturated heterocycles. The van der Waals surface area contributed by atoms with Crippen molar-refractivity contribution in [3.05, 3.63) is 11.6 Å². The van der Waals surface area contributed by atoms with Crippen molar-refractivity contribution >= 4 is 6.21 Å². The third-order valence-electron chi connectivity index (χ3n) is 2.71. The van der Waals surface area contributed by atoms with Crippen LogP contribution in [0.4, 0.5) is 0 Å². The molecule has 1 fully saturated rings. The molecular weight excluding hydrogens is 148 g/mol. The minimum absolute atomic E-state index is 0.482. The van der Waals surface area contributed by atoms with E-state index >= 15 is 0 Å². The number of dihydropyridines is 1. The second kappa shape index (κ2) is 3.10. The van der Waals surface area contributed by atoms with Crippen LogP contribution in [0.3, 0.4) is 0 Å². The van der Waals surface area contributed by atoms with Crippen molar-refractivity contribution in [3.63, 3.8) is 0 Å². The smallest absolute Gasteiger partial charge is 0.100 e. The van der Waals surface area contributed by atoms with Crippen molar-refractivity contribution in [3.8, 4) is 6.07 Å². The predicted octanol–water partition coefficient (Wildman–Crippen LogP) is 2.08. The molecule has 0 spiro atoms. The van der Waals surface area contributed by atoms with Gasteiger partial charge in [0.2, 0.25) is 0 Å². The van der Waals surface area contributed by atoms with Gasteiger partial charge in [-0.25, -0.2) is 0 Å². The first kappa shape index (κ1) is 7.54. The molecule has 0 radical (unpaired) electrons. The van der Waals surface area contributed by atoms with Crippen molar-refractivity contribution in [1.29, 1.82) is 5.26 Å². The maximum absolute atomic E-state index is 8.67. The Kier molecular flexibility index (Phi) is 1.95. The Morgan fingerprint density at radius 3 is 3.08 bits per heavy atom. The lowest BCUT2D eigenvalue weighted by Gasteiger charge is -2.28. The second-order valence-electron chi connectivity index (χ2n) is 3.53. The summed E-state index contributed by atoms with van der Waals surface area (Å²) in [6.45, 7) is 0. The van der Waals surface area contributed by atoms with E-state index in [4.69, 9.17) is 5.26 Å². The fourth-order valence-electron chi connectivity index (χ4n) is 2.04. The van der Waals surface area contributed by atoms with Crippen LogP contribution in [-0.2, 0) is 0 Å². The van der Waals surface area contributed by atoms with Crippen molar-refractivity contribution in [2.24, 2.45) is 10.9 Å². The van der Waals surface area contributed by atoms with Crippen molar-refractivity contribution in [2.75, 3.05) is 0 Å². The largest absolute Gasteiger partial charge is 0.288 e. The normalized spacial score (nSPS) is 33.4. The Bertz CT molecular complexity index is 270. The van der Waals surface area contributed by atoms with E-state index in [0.29, 0.717) is 12.0 Å². The third kappa shape index (κ3) is 1.27. The van der Waals surface area contributed by atoms with Gasteiger partial charge in [0.1, 0.15) is 6.07 Å². The number of allylic oxidation sites excluding steroid dienone is 1. The van der Waals surface area contributed by atoms with Gasteiger partial charge in [-0.15, -0.1) is 0 Å². The van der Waals surface area contributed by atoms with E-state index in [1.54, 1.807) is 6.21 Å². The van der Waals surface area contributed by atoms with Gasteiger partial charge >= 0.3 is 0 Å².